The number of amides is 2. The molecular formula is C22H26ClN3O2. The highest BCUT2D eigenvalue weighted by Crippen LogP contribution is 2.20. The average molecular weight is 400 g/mol. The van der Waals surface area contributed by atoms with Gasteiger partial charge in [-0.25, -0.2) is 0 Å². The van der Waals surface area contributed by atoms with Crippen molar-refractivity contribution in [2.24, 2.45) is 0 Å². The molecular weight excluding hydrogens is 374 g/mol. The maximum atomic E-state index is 12.4. The SMILES string of the molecule is CC(C)c1ccc(C(=O)NCC(=O)N2CCN(c3cccc(Cl)c3)CC2)cc1. The lowest BCUT2D eigenvalue weighted by Crippen LogP contribution is -2.51. The van der Waals surface area contributed by atoms with Gasteiger partial charge in [0.2, 0.25) is 5.91 Å². The molecule has 0 saturated carbocycles. The number of anilines is 1. The van der Waals surface area contributed by atoms with Crippen molar-refractivity contribution in [3.63, 3.8) is 0 Å². The molecule has 2 aromatic carbocycles. The monoisotopic (exact) mass is 399 g/mol. The van der Waals surface area contributed by atoms with Crippen LogP contribution >= 0.6 is 11.6 Å². The fourth-order valence-electron chi connectivity index (χ4n) is 3.28. The van der Waals surface area contributed by atoms with E-state index in [1.54, 1.807) is 17.0 Å². The van der Waals surface area contributed by atoms with E-state index in [1.165, 1.54) is 5.56 Å². The third-order valence-electron chi connectivity index (χ3n) is 5.05. The van der Waals surface area contributed by atoms with E-state index in [2.05, 4.69) is 24.1 Å². The van der Waals surface area contributed by atoms with Gasteiger partial charge in [-0.15, -0.1) is 0 Å². The first-order valence-corrected chi connectivity index (χ1v) is 9.98. The smallest absolute Gasteiger partial charge is 0.251 e. The Bertz CT molecular complexity index is 828. The molecule has 1 aliphatic rings. The number of hydrogen-bond donors (Lipinski definition) is 1. The zero-order valence-corrected chi connectivity index (χ0v) is 17.1. The summed E-state index contributed by atoms with van der Waals surface area (Å²) in [5, 5.41) is 3.44. The second kappa shape index (κ2) is 9.11. The number of halogens is 1. The molecule has 28 heavy (non-hydrogen) atoms. The lowest BCUT2D eigenvalue weighted by atomic mass is 10.0. The molecule has 0 spiro atoms. The van der Waals surface area contributed by atoms with Gasteiger partial charge in [-0.05, 0) is 41.8 Å². The third-order valence-corrected chi connectivity index (χ3v) is 5.28. The first-order chi connectivity index (χ1) is 13.4. The second-order valence-electron chi connectivity index (χ2n) is 7.31. The number of nitrogens with one attached hydrogen (secondary N) is 1. The number of benzene rings is 2. The Morgan fingerprint density at radius 2 is 1.71 bits per heavy atom. The number of hydrogen-bond acceptors (Lipinski definition) is 3. The molecule has 2 amide bonds. The molecule has 5 nitrogen and oxygen atoms in total. The predicted molar refractivity (Wildman–Crippen MR) is 113 cm³/mol. The van der Waals surface area contributed by atoms with Gasteiger partial charge in [0, 0.05) is 42.5 Å². The van der Waals surface area contributed by atoms with E-state index in [0.717, 1.165) is 18.8 Å². The molecule has 3 rings (SSSR count). The molecule has 148 valence electrons. The van der Waals surface area contributed by atoms with E-state index >= 15 is 0 Å². The molecule has 1 saturated heterocycles. The van der Waals surface area contributed by atoms with E-state index in [0.29, 0.717) is 29.6 Å². The number of piperazine rings is 1. The van der Waals surface area contributed by atoms with Gasteiger partial charge >= 0.3 is 0 Å². The van der Waals surface area contributed by atoms with Gasteiger partial charge < -0.3 is 15.1 Å². The summed E-state index contributed by atoms with van der Waals surface area (Å²) < 4.78 is 0. The van der Waals surface area contributed by atoms with Crippen LogP contribution in [0, 0.1) is 0 Å². The minimum Gasteiger partial charge on any atom is -0.368 e. The Hall–Kier alpha value is -2.53. The molecule has 0 radical (unpaired) electrons. The van der Waals surface area contributed by atoms with Crippen molar-refractivity contribution in [2.75, 3.05) is 37.6 Å². The summed E-state index contributed by atoms with van der Waals surface area (Å²) in [6, 6.07) is 15.3. The zero-order chi connectivity index (χ0) is 20.1. The van der Waals surface area contributed by atoms with Gasteiger partial charge in [-0.3, -0.25) is 9.59 Å². The van der Waals surface area contributed by atoms with E-state index in [-0.39, 0.29) is 18.4 Å². The number of rotatable bonds is 5. The summed E-state index contributed by atoms with van der Waals surface area (Å²) in [7, 11) is 0. The summed E-state index contributed by atoms with van der Waals surface area (Å²) in [5.74, 6) is 0.142. The van der Waals surface area contributed by atoms with Crippen LogP contribution in [-0.4, -0.2) is 49.4 Å². The average Bonchev–Trinajstić information content (AvgIpc) is 2.72. The van der Waals surface area contributed by atoms with Crippen molar-refractivity contribution in [1.82, 2.24) is 10.2 Å². The Labute approximate surface area is 171 Å². The van der Waals surface area contributed by atoms with Gasteiger partial charge in [0.25, 0.3) is 5.91 Å². The summed E-state index contributed by atoms with van der Waals surface area (Å²) >= 11 is 6.06. The van der Waals surface area contributed by atoms with Crippen molar-refractivity contribution in [3.8, 4) is 0 Å². The second-order valence-corrected chi connectivity index (χ2v) is 7.74. The molecule has 0 aliphatic carbocycles. The van der Waals surface area contributed by atoms with Gasteiger partial charge in [0.05, 0.1) is 6.54 Å². The zero-order valence-electron chi connectivity index (χ0n) is 16.3. The molecule has 1 N–H and O–H groups in total. The molecule has 1 heterocycles. The fraction of sp³-hybridized carbons (Fsp3) is 0.364. The van der Waals surface area contributed by atoms with Crippen LogP contribution in [0.5, 0.6) is 0 Å². The topological polar surface area (TPSA) is 52.7 Å². The highest BCUT2D eigenvalue weighted by Gasteiger charge is 2.21. The van der Waals surface area contributed by atoms with Crippen LogP contribution in [0.2, 0.25) is 5.02 Å². The number of carbonyl (C=O) groups excluding carboxylic acids is 2. The van der Waals surface area contributed by atoms with E-state index in [4.69, 9.17) is 11.6 Å². The molecule has 0 unspecified atom stereocenters. The molecule has 0 bridgehead atoms. The Morgan fingerprint density at radius 3 is 2.32 bits per heavy atom. The van der Waals surface area contributed by atoms with Crippen molar-refractivity contribution in [2.45, 2.75) is 19.8 Å². The van der Waals surface area contributed by atoms with Crippen LogP contribution in [0.4, 0.5) is 5.69 Å². The highest BCUT2D eigenvalue weighted by atomic mass is 35.5. The van der Waals surface area contributed by atoms with Crippen LogP contribution in [0.1, 0.15) is 35.7 Å². The summed E-state index contributed by atoms with van der Waals surface area (Å²) in [6.07, 6.45) is 0. The fourth-order valence-corrected chi connectivity index (χ4v) is 3.46. The Balaban J connectivity index is 1.47. The van der Waals surface area contributed by atoms with E-state index < -0.39 is 0 Å². The van der Waals surface area contributed by atoms with Gasteiger partial charge in [0.15, 0.2) is 0 Å². The van der Waals surface area contributed by atoms with Crippen LogP contribution in [0.15, 0.2) is 48.5 Å². The minimum atomic E-state index is -0.221. The number of carbonyl (C=O) groups is 2. The van der Waals surface area contributed by atoms with Gasteiger partial charge in [-0.2, -0.15) is 0 Å². The van der Waals surface area contributed by atoms with Crippen LogP contribution < -0.4 is 10.2 Å². The van der Waals surface area contributed by atoms with Crippen molar-refractivity contribution >= 4 is 29.1 Å². The van der Waals surface area contributed by atoms with Crippen LogP contribution in [-0.2, 0) is 4.79 Å². The maximum absolute atomic E-state index is 12.4. The molecule has 1 fully saturated rings. The standard InChI is InChI=1S/C22H26ClN3O2/c1-16(2)17-6-8-18(9-7-17)22(28)24-15-21(27)26-12-10-25(11-13-26)20-5-3-4-19(23)14-20/h3-9,14,16H,10-13,15H2,1-2H3,(H,24,28). The van der Waals surface area contributed by atoms with Crippen LogP contribution in [0.3, 0.4) is 0 Å². The lowest BCUT2D eigenvalue weighted by molar-refractivity contribution is -0.130. The van der Waals surface area contributed by atoms with Crippen molar-refractivity contribution in [1.29, 1.82) is 0 Å². The normalized spacial score (nSPS) is 14.3. The highest BCUT2D eigenvalue weighted by molar-refractivity contribution is 6.30. The van der Waals surface area contributed by atoms with E-state index in [1.807, 2.05) is 36.4 Å². The molecule has 2 aromatic rings. The summed E-state index contributed by atoms with van der Waals surface area (Å²) in [4.78, 5) is 28.7. The van der Waals surface area contributed by atoms with Gasteiger partial charge in [0.1, 0.15) is 0 Å². The first-order valence-electron chi connectivity index (χ1n) is 9.60. The molecule has 6 heteroatoms. The first kappa shape index (κ1) is 20.2. The van der Waals surface area contributed by atoms with Crippen LogP contribution in [0.25, 0.3) is 0 Å². The lowest BCUT2D eigenvalue weighted by Gasteiger charge is -2.36. The summed E-state index contributed by atoms with van der Waals surface area (Å²) in [6.45, 7) is 6.99. The molecule has 1 aliphatic heterocycles. The maximum Gasteiger partial charge on any atom is 0.251 e. The predicted octanol–water partition coefficient (Wildman–Crippen LogP) is 3.54. The minimum absolute atomic E-state index is 0.0158. The number of nitrogens with zero attached hydrogens (tertiary/aromatic N) is 2. The third kappa shape index (κ3) is 5.04. The molecule has 0 aromatic heterocycles. The van der Waals surface area contributed by atoms with E-state index in [9.17, 15) is 9.59 Å². The van der Waals surface area contributed by atoms with Crippen molar-refractivity contribution < 1.29 is 9.59 Å². The van der Waals surface area contributed by atoms with Crippen molar-refractivity contribution in [3.05, 3.63) is 64.7 Å². The van der Waals surface area contributed by atoms with Gasteiger partial charge in [-0.1, -0.05) is 43.6 Å². The quantitative estimate of drug-likeness (QED) is 0.836. The largest absolute Gasteiger partial charge is 0.368 e. The molecule has 0 atom stereocenters. The Morgan fingerprint density at radius 1 is 1.04 bits per heavy atom. The Kier molecular flexibility index (Phi) is 6.57. The summed E-state index contributed by atoms with van der Waals surface area (Å²) in [5.41, 5.74) is 2.82.